The molecule has 0 aliphatic carbocycles. The number of benzene rings is 2. The zero-order valence-electron chi connectivity index (χ0n) is 18.4. The minimum absolute atomic E-state index is 0.191. The molecular weight excluding hydrogens is 390 g/mol. The Labute approximate surface area is 183 Å². The summed E-state index contributed by atoms with van der Waals surface area (Å²) in [6, 6.07) is 13.9. The number of aromatic nitrogens is 1. The molecule has 0 unspecified atom stereocenters. The first-order valence-corrected chi connectivity index (χ1v) is 11.0. The predicted molar refractivity (Wildman–Crippen MR) is 123 cm³/mol. The number of piperazine rings is 1. The molecule has 1 saturated heterocycles. The van der Waals surface area contributed by atoms with Gasteiger partial charge in [0.2, 0.25) is 0 Å². The van der Waals surface area contributed by atoms with Gasteiger partial charge in [-0.05, 0) is 36.2 Å². The van der Waals surface area contributed by atoms with Gasteiger partial charge in [0.1, 0.15) is 18.1 Å². The van der Waals surface area contributed by atoms with Gasteiger partial charge in [-0.15, -0.1) is 0 Å². The van der Waals surface area contributed by atoms with Crippen LogP contribution >= 0.6 is 0 Å². The Balaban J connectivity index is 1.23. The Hall–Kier alpha value is -2.83. The molecule has 2 heterocycles. The summed E-state index contributed by atoms with van der Waals surface area (Å²) in [7, 11) is 1.66. The average molecular weight is 422 g/mol. The van der Waals surface area contributed by atoms with Crippen molar-refractivity contribution >= 4 is 16.7 Å². The average Bonchev–Trinajstić information content (AvgIpc) is 3.25. The highest BCUT2D eigenvalue weighted by molar-refractivity contribution is 6.09. The SMILES string of the molecule is CCc1cccc2c(C(=O)CN3CCN(CCOc4ccc(OC)cc4)CC3)c[nH]c12. The van der Waals surface area contributed by atoms with Crippen LogP contribution in [-0.4, -0.2) is 73.6 Å². The third-order valence-electron chi connectivity index (χ3n) is 6.05. The van der Waals surface area contributed by atoms with E-state index in [2.05, 4.69) is 27.8 Å². The van der Waals surface area contributed by atoms with Gasteiger partial charge in [-0.25, -0.2) is 0 Å². The van der Waals surface area contributed by atoms with Crippen molar-refractivity contribution in [2.24, 2.45) is 0 Å². The van der Waals surface area contributed by atoms with E-state index in [0.717, 1.165) is 67.1 Å². The summed E-state index contributed by atoms with van der Waals surface area (Å²) in [5.41, 5.74) is 3.15. The third kappa shape index (κ3) is 5.09. The van der Waals surface area contributed by atoms with Crippen LogP contribution in [0.4, 0.5) is 0 Å². The number of nitrogens with zero attached hydrogens (tertiary/aromatic N) is 2. The lowest BCUT2D eigenvalue weighted by molar-refractivity contribution is 0.0832. The largest absolute Gasteiger partial charge is 0.497 e. The van der Waals surface area contributed by atoms with Crippen LogP contribution in [0.25, 0.3) is 10.9 Å². The molecular formula is C25H31N3O3. The van der Waals surface area contributed by atoms with E-state index < -0.39 is 0 Å². The Bertz CT molecular complexity index is 1000. The molecule has 31 heavy (non-hydrogen) atoms. The summed E-state index contributed by atoms with van der Waals surface area (Å²) in [5, 5.41) is 1.04. The second-order valence-corrected chi connectivity index (χ2v) is 7.96. The summed E-state index contributed by atoms with van der Waals surface area (Å²) in [5.74, 6) is 1.88. The number of hydrogen-bond acceptors (Lipinski definition) is 5. The van der Waals surface area contributed by atoms with Crippen LogP contribution in [-0.2, 0) is 6.42 Å². The summed E-state index contributed by atoms with van der Waals surface area (Å²) in [6.45, 7) is 7.85. The number of H-pyrrole nitrogens is 1. The molecule has 0 spiro atoms. The fraction of sp³-hybridized carbons (Fsp3) is 0.400. The molecule has 0 bridgehead atoms. The van der Waals surface area contributed by atoms with Crippen LogP contribution < -0.4 is 9.47 Å². The summed E-state index contributed by atoms with van der Waals surface area (Å²) >= 11 is 0. The standard InChI is InChI=1S/C25H31N3O3/c1-3-19-5-4-6-22-23(17-26-25(19)22)24(29)18-28-13-11-27(12-14-28)15-16-31-21-9-7-20(30-2)8-10-21/h4-10,17,26H,3,11-16,18H2,1-2H3. The van der Waals surface area contributed by atoms with Crippen molar-refractivity contribution in [2.45, 2.75) is 13.3 Å². The van der Waals surface area contributed by atoms with Gasteiger partial charge >= 0.3 is 0 Å². The zero-order chi connectivity index (χ0) is 21.6. The number of fused-ring (bicyclic) bond motifs is 1. The van der Waals surface area contributed by atoms with Gasteiger partial charge in [-0.1, -0.05) is 25.1 Å². The second kappa shape index (κ2) is 9.98. The van der Waals surface area contributed by atoms with Crippen molar-refractivity contribution in [3.8, 4) is 11.5 Å². The number of nitrogens with one attached hydrogen (secondary N) is 1. The van der Waals surface area contributed by atoms with E-state index in [0.29, 0.717) is 13.2 Å². The molecule has 0 atom stereocenters. The maximum atomic E-state index is 12.9. The van der Waals surface area contributed by atoms with Crippen molar-refractivity contribution in [1.29, 1.82) is 0 Å². The number of aromatic amines is 1. The molecule has 1 aromatic heterocycles. The molecule has 1 fully saturated rings. The monoisotopic (exact) mass is 421 g/mol. The predicted octanol–water partition coefficient (Wildman–Crippen LogP) is 3.62. The molecule has 4 rings (SSSR count). The van der Waals surface area contributed by atoms with Gasteiger partial charge in [0.25, 0.3) is 0 Å². The maximum absolute atomic E-state index is 12.9. The molecule has 164 valence electrons. The molecule has 0 amide bonds. The number of carbonyl (C=O) groups excluding carboxylic acids is 1. The van der Waals surface area contributed by atoms with Crippen LogP contribution in [0.2, 0.25) is 0 Å². The number of hydrogen-bond donors (Lipinski definition) is 1. The maximum Gasteiger partial charge on any atom is 0.178 e. The molecule has 6 heteroatoms. The number of methoxy groups -OCH3 is 1. The normalized spacial score (nSPS) is 15.3. The number of Topliss-reactive ketones (excluding diaryl/α,β-unsaturated/α-hetero) is 1. The molecule has 0 saturated carbocycles. The summed E-state index contributed by atoms with van der Waals surface area (Å²) in [6.07, 6.45) is 2.83. The smallest absolute Gasteiger partial charge is 0.178 e. The topological polar surface area (TPSA) is 57.8 Å². The fourth-order valence-electron chi connectivity index (χ4n) is 4.17. The molecule has 2 aromatic carbocycles. The van der Waals surface area contributed by atoms with Crippen molar-refractivity contribution in [2.75, 3.05) is 53.0 Å². The molecule has 6 nitrogen and oxygen atoms in total. The highest BCUT2D eigenvalue weighted by Gasteiger charge is 2.21. The van der Waals surface area contributed by atoms with Crippen molar-refractivity contribution in [3.05, 3.63) is 59.8 Å². The summed E-state index contributed by atoms with van der Waals surface area (Å²) < 4.78 is 11.0. The van der Waals surface area contributed by atoms with Crippen molar-refractivity contribution < 1.29 is 14.3 Å². The lowest BCUT2D eigenvalue weighted by Crippen LogP contribution is -2.48. The van der Waals surface area contributed by atoms with E-state index in [9.17, 15) is 4.79 Å². The number of ether oxygens (including phenoxy) is 2. The number of ketones is 1. The number of carbonyl (C=O) groups is 1. The van der Waals surface area contributed by atoms with Crippen LogP contribution in [0, 0.1) is 0 Å². The van der Waals surface area contributed by atoms with E-state index in [4.69, 9.17) is 9.47 Å². The number of aryl methyl sites for hydroxylation is 1. The quantitative estimate of drug-likeness (QED) is 0.535. The third-order valence-corrected chi connectivity index (χ3v) is 6.05. The Morgan fingerprint density at radius 1 is 1.00 bits per heavy atom. The molecule has 1 aliphatic rings. The van der Waals surface area contributed by atoms with Crippen LogP contribution in [0.5, 0.6) is 11.5 Å². The van der Waals surface area contributed by atoms with Crippen LogP contribution in [0.15, 0.2) is 48.7 Å². The first-order valence-electron chi connectivity index (χ1n) is 11.0. The van der Waals surface area contributed by atoms with E-state index in [1.807, 2.05) is 42.6 Å². The van der Waals surface area contributed by atoms with Gasteiger partial charge in [-0.2, -0.15) is 0 Å². The fourth-order valence-corrected chi connectivity index (χ4v) is 4.17. The van der Waals surface area contributed by atoms with Gasteiger partial charge < -0.3 is 14.5 Å². The van der Waals surface area contributed by atoms with E-state index in [1.165, 1.54) is 5.56 Å². The number of para-hydroxylation sites is 1. The first kappa shape index (κ1) is 21.4. The Morgan fingerprint density at radius 2 is 1.71 bits per heavy atom. The first-order chi connectivity index (χ1) is 15.2. The van der Waals surface area contributed by atoms with Crippen LogP contribution in [0.1, 0.15) is 22.8 Å². The lowest BCUT2D eigenvalue weighted by Gasteiger charge is -2.34. The van der Waals surface area contributed by atoms with Gasteiger partial charge in [0.15, 0.2) is 5.78 Å². The minimum atomic E-state index is 0.191. The van der Waals surface area contributed by atoms with Gasteiger partial charge in [0, 0.05) is 55.4 Å². The second-order valence-electron chi connectivity index (χ2n) is 7.96. The van der Waals surface area contributed by atoms with Gasteiger partial charge in [-0.3, -0.25) is 14.6 Å². The highest BCUT2D eigenvalue weighted by Crippen LogP contribution is 2.23. The van der Waals surface area contributed by atoms with E-state index >= 15 is 0 Å². The lowest BCUT2D eigenvalue weighted by atomic mass is 10.0. The van der Waals surface area contributed by atoms with Crippen LogP contribution in [0.3, 0.4) is 0 Å². The summed E-state index contributed by atoms with van der Waals surface area (Å²) in [4.78, 5) is 20.9. The molecule has 0 radical (unpaired) electrons. The highest BCUT2D eigenvalue weighted by atomic mass is 16.5. The number of rotatable bonds is 9. The molecule has 1 N–H and O–H groups in total. The minimum Gasteiger partial charge on any atom is -0.497 e. The van der Waals surface area contributed by atoms with E-state index in [1.54, 1.807) is 7.11 Å². The van der Waals surface area contributed by atoms with E-state index in [-0.39, 0.29) is 5.78 Å². The Kier molecular flexibility index (Phi) is 6.89. The zero-order valence-corrected chi connectivity index (χ0v) is 18.4. The Morgan fingerprint density at radius 3 is 2.42 bits per heavy atom. The van der Waals surface area contributed by atoms with Crippen molar-refractivity contribution in [1.82, 2.24) is 14.8 Å². The van der Waals surface area contributed by atoms with Gasteiger partial charge in [0.05, 0.1) is 13.7 Å². The molecule has 1 aliphatic heterocycles. The van der Waals surface area contributed by atoms with Crippen molar-refractivity contribution in [3.63, 3.8) is 0 Å². The molecule has 3 aromatic rings.